The van der Waals surface area contributed by atoms with Gasteiger partial charge in [-0.1, -0.05) is 0 Å². The minimum Gasteiger partial charge on any atom is -0.393 e. The number of aliphatic hydroxyl groups excluding tert-OH is 1. The van der Waals surface area contributed by atoms with Gasteiger partial charge >= 0.3 is 0 Å². The van der Waals surface area contributed by atoms with E-state index in [1.807, 2.05) is 0 Å². The number of hydrogen-bond donors (Lipinski definition) is 2. The molecule has 0 aromatic rings. The summed E-state index contributed by atoms with van der Waals surface area (Å²) < 4.78 is 0. The topological polar surface area (TPSA) is 23.5 Å². The monoisotopic (exact) mass is 187 g/mol. The lowest BCUT2D eigenvalue weighted by Gasteiger charge is -2.39. The summed E-state index contributed by atoms with van der Waals surface area (Å²) in [5, 5.41) is 9.89. The predicted molar refractivity (Wildman–Crippen MR) is 52.3 cm³/mol. The van der Waals surface area contributed by atoms with Gasteiger partial charge < -0.3 is 5.11 Å². The molecule has 2 bridgehead atoms. The summed E-state index contributed by atoms with van der Waals surface area (Å²) in [4.78, 5) is 2.47. The SMILES string of the molecule is CC(S)N1C2CCC1CC(O)C2. The van der Waals surface area contributed by atoms with Crippen LogP contribution in [0.4, 0.5) is 0 Å². The first-order valence-corrected chi connectivity index (χ1v) is 5.33. The molecule has 2 saturated heterocycles. The second-order valence-electron chi connectivity index (χ2n) is 4.09. The molecule has 2 aliphatic rings. The smallest absolute Gasteiger partial charge is 0.0570 e. The molecule has 12 heavy (non-hydrogen) atoms. The van der Waals surface area contributed by atoms with Crippen LogP contribution in [0, 0.1) is 0 Å². The van der Waals surface area contributed by atoms with E-state index in [1.165, 1.54) is 12.8 Å². The second kappa shape index (κ2) is 3.20. The van der Waals surface area contributed by atoms with Crippen LogP contribution < -0.4 is 0 Å². The molecule has 2 fully saturated rings. The number of hydrogen-bond acceptors (Lipinski definition) is 3. The number of piperidine rings is 1. The zero-order valence-corrected chi connectivity index (χ0v) is 8.37. The zero-order chi connectivity index (χ0) is 8.72. The summed E-state index contributed by atoms with van der Waals surface area (Å²) >= 11 is 4.47. The van der Waals surface area contributed by atoms with Gasteiger partial charge in [-0.25, -0.2) is 0 Å². The van der Waals surface area contributed by atoms with E-state index in [2.05, 4.69) is 24.5 Å². The van der Waals surface area contributed by atoms with Crippen molar-refractivity contribution in [3.8, 4) is 0 Å². The Labute approximate surface area is 79.4 Å². The van der Waals surface area contributed by atoms with Crippen molar-refractivity contribution in [3.05, 3.63) is 0 Å². The lowest BCUT2D eigenvalue weighted by atomic mass is 10.0. The quantitative estimate of drug-likeness (QED) is 0.604. The van der Waals surface area contributed by atoms with E-state index >= 15 is 0 Å². The van der Waals surface area contributed by atoms with Crippen LogP contribution >= 0.6 is 12.6 Å². The van der Waals surface area contributed by atoms with Gasteiger partial charge in [-0.3, -0.25) is 4.90 Å². The fraction of sp³-hybridized carbons (Fsp3) is 1.00. The van der Waals surface area contributed by atoms with Gasteiger partial charge in [0.2, 0.25) is 0 Å². The Bertz CT molecular complexity index is 160. The lowest BCUT2D eigenvalue weighted by molar-refractivity contribution is 0.0326. The number of thiol groups is 1. The minimum absolute atomic E-state index is 0.0502. The van der Waals surface area contributed by atoms with Crippen LogP contribution in [0.3, 0.4) is 0 Å². The first kappa shape index (κ1) is 8.85. The normalized spacial score (nSPS) is 44.8. The van der Waals surface area contributed by atoms with E-state index in [0.717, 1.165) is 12.8 Å². The molecule has 0 saturated carbocycles. The Balaban J connectivity index is 2.09. The highest BCUT2D eigenvalue weighted by Crippen LogP contribution is 2.37. The molecule has 0 aromatic carbocycles. The zero-order valence-electron chi connectivity index (χ0n) is 7.48. The van der Waals surface area contributed by atoms with E-state index < -0.39 is 0 Å². The van der Waals surface area contributed by atoms with Crippen LogP contribution in [0.2, 0.25) is 0 Å². The van der Waals surface area contributed by atoms with Gasteiger partial charge in [0, 0.05) is 12.1 Å². The van der Waals surface area contributed by atoms with Gasteiger partial charge in [-0.2, -0.15) is 12.6 Å². The maximum atomic E-state index is 9.54. The van der Waals surface area contributed by atoms with Crippen molar-refractivity contribution in [1.29, 1.82) is 0 Å². The van der Waals surface area contributed by atoms with Crippen LogP contribution in [0.1, 0.15) is 32.6 Å². The summed E-state index contributed by atoms with van der Waals surface area (Å²) in [7, 11) is 0. The Kier molecular flexibility index (Phi) is 2.36. The lowest BCUT2D eigenvalue weighted by Crippen LogP contribution is -2.47. The van der Waals surface area contributed by atoms with Crippen LogP contribution in [-0.2, 0) is 0 Å². The summed E-state index contributed by atoms with van der Waals surface area (Å²) in [5.41, 5.74) is 0. The summed E-state index contributed by atoms with van der Waals surface area (Å²) in [6.07, 6.45) is 4.38. The standard InChI is InChI=1S/C9H17NOS/c1-6(12)10-7-2-3-8(10)5-9(11)4-7/h6-9,11-12H,2-5H2,1H3. The van der Waals surface area contributed by atoms with E-state index in [9.17, 15) is 5.11 Å². The van der Waals surface area contributed by atoms with Crippen molar-refractivity contribution < 1.29 is 5.11 Å². The summed E-state index contributed by atoms with van der Waals surface area (Å²) in [6.45, 7) is 2.13. The Morgan fingerprint density at radius 3 is 2.25 bits per heavy atom. The first-order valence-electron chi connectivity index (χ1n) is 4.82. The van der Waals surface area contributed by atoms with E-state index in [4.69, 9.17) is 0 Å². The molecule has 3 unspecified atom stereocenters. The molecule has 3 atom stereocenters. The molecule has 0 aromatic heterocycles. The van der Waals surface area contributed by atoms with Crippen LogP contribution in [0.5, 0.6) is 0 Å². The molecule has 0 spiro atoms. The van der Waals surface area contributed by atoms with E-state index in [0.29, 0.717) is 17.5 Å². The summed E-state index contributed by atoms with van der Waals surface area (Å²) in [6, 6.07) is 1.21. The molecule has 2 nitrogen and oxygen atoms in total. The van der Waals surface area contributed by atoms with Crippen molar-refractivity contribution >= 4 is 12.6 Å². The largest absolute Gasteiger partial charge is 0.393 e. The molecule has 70 valence electrons. The highest BCUT2D eigenvalue weighted by atomic mass is 32.1. The van der Waals surface area contributed by atoms with Gasteiger partial charge in [0.05, 0.1) is 11.5 Å². The predicted octanol–water partition coefficient (Wildman–Crippen LogP) is 1.25. The molecule has 2 aliphatic heterocycles. The Hall–Kier alpha value is 0.270. The van der Waals surface area contributed by atoms with Gasteiger partial charge in [0.15, 0.2) is 0 Å². The molecule has 0 radical (unpaired) electrons. The molecule has 2 heterocycles. The molecule has 0 amide bonds. The molecule has 0 aliphatic carbocycles. The third kappa shape index (κ3) is 1.38. The Morgan fingerprint density at radius 2 is 1.83 bits per heavy atom. The fourth-order valence-corrected chi connectivity index (χ4v) is 3.17. The van der Waals surface area contributed by atoms with Gasteiger partial charge in [0.1, 0.15) is 0 Å². The minimum atomic E-state index is -0.0502. The van der Waals surface area contributed by atoms with Gasteiger partial charge in [0.25, 0.3) is 0 Å². The molecule has 1 N–H and O–H groups in total. The van der Waals surface area contributed by atoms with E-state index in [1.54, 1.807) is 0 Å². The second-order valence-corrected chi connectivity index (χ2v) is 4.84. The maximum Gasteiger partial charge on any atom is 0.0570 e. The van der Waals surface area contributed by atoms with Crippen molar-refractivity contribution in [2.24, 2.45) is 0 Å². The van der Waals surface area contributed by atoms with Crippen molar-refractivity contribution in [2.45, 2.75) is 56.2 Å². The third-order valence-electron chi connectivity index (χ3n) is 3.20. The van der Waals surface area contributed by atoms with Crippen LogP contribution in [0.15, 0.2) is 0 Å². The Morgan fingerprint density at radius 1 is 1.33 bits per heavy atom. The molecular weight excluding hydrogens is 170 g/mol. The van der Waals surface area contributed by atoms with Crippen LogP contribution in [-0.4, -0.2) is 33.6 Å². The number of fused-ring (bicyclic) bond motifs is 2. The molecule has 2 rings (SSSR count). The average molecular weight is 187 g/mol. The van der Waals surface area contributed by atoms with Crippen molar-refractivity contribution in [2.75, 3.05) is 0 Å². The first-order chi connectivity index (χ1) is 5.68. The number of nitrogens with zero attached hydrogens (tertiary/aromatic N) is 1. The third-order valence-corrected chi connectivity index (χ3v) is 3.46. The molecular formula is C9H17NOS. The highest BCUT2D eigenvalue weighted by molar-refractivity contribution is 7.80. The van der Waals surface area contributed by atoms with Crippen molar-refractivity contribution in [1.82, 2.24) is 4.90 Å². The number of rotatable bonds is 1. The van der Waals surface area contributed by atoms with E-state index in [-0.39, 0.29) is 6.10 Å². The molecule has 3 heteroatoms. The van der Waals surface area contributed by atoms with Gasteiger partial charge in [-0.05, 0) is 32.6 Å². The number of aliphatic hydroxyl groups is 1. The average Bonchev–Trinajstić information content (AvgIpc) is 2.24. The fourth-order valence-electron chi connectivity index (χ4n) is 2.79. The summed E-state index contributed by atoms with van der Waals surface area (Å²) in [5.74, 6) is 0. The van der Waals surface area contributed by atoms with Gasteiger partial charge in [-0.15, -0.1) is 0 Å². The van der Waals surface area contributed by atoms with Crippen LogP contribution in [0.25, 0.3) is 0 Å². The van der Waals surface area contributed by atoms with Crippen molar-refractivity contribution in [3.63, 3.8) is 0 Å². The maximum absolute atomic E-state index is 9.54. The highest BCUT2D eigenvalue weighted by Gasteiger charge is 2.41.